The van der Waals surface area contributed by atoms with Gasteiger partial charge in [0.15, 0.2) is 0 Å². The van der Waals surface area contributed by atoms with Crippen molar-refractivity contribution in [2.45, 2.75) is 32.4 Å². The fourth-order valence-electron chi connectivity index (χ4n) is 2.40. The minimum atomic E-state index is -0.293. The van der Waals surface area contributed by atoms with Crippen molar-refractivity contribution >= 4 is 5.91 Å². The molecule has 1 aliphatic heterocycles. The van der Waals surface area contributed by atoms with Crippen LogP contribution in [-0.4, -0.2) is 37.7 Å². The minimum Gasteiger partial charge on any atom is -0.375 e. The number of rotatable bonds is 4. The number of amides is 1. The van der Waals surface area contributed by atoms with Crippen LogP contribution in [0.1, 0.15) is 18.1 Å². The van der Waals surface area contributed by atoms with Crippen LogP contribution in [-0.2, 0) is 16.0 Å². The van der Waals surface area contributed by atoms with Crippen LogP contribution < -0.4 is 10.6 Å². The van der Waals surface area contributed by atoms with Gasteiger partial charge in [-0.3, -0.25) is 4.79 Å². The zero-order valence-electron chi connectivity index (χ0n) is 11.9. The number of nitrogens with one attached hydrogen (secondary N) is 2. The number of aryl methyl sites for hydroxylation is 1. The van der Waals surface area contributed by atoms with Crippen LogP contribution in [0.3, 0.4) is 0 Å². The van der Waals surface area contributed by atoms with Crippen LogP contribution in [0.4, 0.5) is 4.39 Å². The lowest BCUT2D eigenvalue weighted by Gasteiger charge is -2.29. The minimum absolute atomic E-state index is 0.0445. The van der Waals surface area contributed by atoms with E-state index in [-0.39, 0.29) is 23.9 Å². The predicted molar refractivity (Wildman–Crippen MR) is 75.1 cm³/mol. The molecule has 1 aromatic rings. The van der Waals surface area contributed by atoms with Crippen LogP contribution >= 0.6 is 0 Å². The van der Waals surface area contributed by atoms with E-state index in [0.29, 0.717) is 26.1 Å². The first-order valence-electron chi connectivity index (χ1n) is 6.95. The maximum atomic E-state index is 13.0. The Balaban J connectivity index is 1.81. The Kier molecular flexibility index (Phi) is 5.09. The Morgan fingerprint density at radius 2 is 2.35 bits per heavy atom. The maximum absolute atomic E-state index is 13.0. The summed E-state index contributed by atoms with van der Waals surface area (Å²) in [6, 6.07) is 4.43. The predicted octanol–water partition coefficient (Wildman–Crippen LogP) is 1.17. The Hall–Kier alpha value is -1.46. The van der Waals surface area contributed by atoms with Gasteiger partial charge in [-0.25, -0.2) is 4.39 Å². The van der Waals surface area contributed by atoms with Gasteiger partial charge in [0.25, 0.3) is 0 Å². The molecular weight excluding hydrogens is 259 g/mol. The largest absolute Gasteiger partial charge is 0.375 e. The smallest absolute Gasteiger partial charge is 0.239 e. The molecule has 0 spiro atoms. The molecule has 2 N–H and O–H groups in total. The van der Waals surface area contributed by atoms with E-state index >= 15 is 0 Å². The maximum Gasteiger partial charge on any atom is 0.239 e. The van der Waals surface area contributed by atoms with E-state index in [1.807, 2.05) is 13.8 Å². The highest BCUT2D eigenvalue weighted by Crippen LogP contribution is 2.10. The fraction of sp³-hybridized carbons (Fsp3) is 0.533. The molecule has 1 heterocycles. The molecule has 0 radical (unpaired) electrons. The highest BCUT2D eigenvalue weighted by molar-refractivity contribution is 5.82. The fourth-order valence-corrected chi connectivity index (χ4v) is 2.40. The Labute approximate surface area is 118 Å². The van der Waals surface area contributed by atoms with Crippen LogP contribution in [0.25, 0.3) is 0 Å². The summed E-state index contributed by atoms with van der Waals surface area (Å²) in [5.74, 6) is -0.273. The monoisotopic (exact) mass is 280 g/mol. The summed E-state index contributed by atoms with van der Waals surface area (Å²) < 4.78 is 18.4. The quantitative estimate of drug-likeness (QED) is 0.870. The average Bonchev–Trinajstić information content (AvgIpc) is 2.41. The highest BCUT2D eigenvalue weighted by atomic mass is 19.1. The van der Waals surface area contributed by atoms with Crippen LogP contribution in [0.5, 0.6) is 0 Å². The number of benzene rings is 1. The lowest BCUT2D eigenvalue weighted by atomic mass is 10.1. The zero-order valence-corrected chi connectivity index (χ0v) is 11.9. The van der Waals surface area contributed by atoms with Crippen molar-refractivity contribution in [2.75, 3.05) is 19.7 Å². The van der Waals surface area contributed by atoms with Gasteiger partial charge in [0.2, 0.25) is 5.91 Å². The molecule has 1 amide bonds. The van der Waals surface area contributed by atoms with E-state index in [4.69, 9.17) is 4.74 Å². The third-order valence-electron chi connectivity index (χ3n) is 3.60. The molecule has 20 heavy (non-hydrogen) atoms. The van der Waals surface area contributed by atoms with E-state index in [0.717, 1.165) is 11.1 Å². The first kappa shape index (κ1) is 14.9. The van der Waals surface area contributed by atoms with E-state index in [1.54, 1.807) is 6.07 Å². The van der Waals surface area contributed by atoms with Crippen molar-refractivity contribution in [1.29, 1.82) is 0 Å². The van der Waals surface area contributed by atoms with Crippen molar-refractivity contribution in [3.05, 3.63) is 35.1 Å². The molecule has 1 saturated heterocycles. The van der Waals surface area contributed by atoms with Gasteiger partial charge in [-0.2, -0.15) is 0 Å². The summed E-state index contributed by atoms with van der Waals surface area (Å²) in [7, 11) is 0. The summed E-state index contributed by atoms with van der Waals surface area (Å²) in [5.41, 5.74) is 1.96. The second-order valence-electron chi connectivity index (χ2n) is 5.12. The standard InChI is InChI=1S/C15H21FN2O2/c1-10-9-13(16)4-3-12(10)5-6-18-15(19)14-11(2)20-8-7-17-14/h3-4,9,11,14,17H,5-8H2,1-2H3,(H,18,19)/t11-,14+/m1/s1. The van der Waals surface area contributed by atoms with Gasteiger partial charge < -0.3 is 15.4 Å². The molecule has 1 fully saturated rings. The molecule has 1 aromatic carbocycles. The van der Waals surface area contributed by atoms with Crippen molar-refractivity contribution in [3.8, 4) is 0 Å². The first-order valence-corrected chi connectivity index (χ1v) is 6.95. The van der Waals surface area contributed by atoms with E-state index in [2.05, 4.69) is 10.6 Å². The number of hydrogen-bond acceptors (Lipinski definition) is 3. The third kappa shape index (κ3) is 3.77. The van der Waals surface area contributed by atoms with Gasteiger partial charge in [0, 0.05) is 13.1 Å². The summed E-state index contributed by atoms with van der Waals surface area (Å²) in [4.78, 5) is 12.0. The molecule has 1 aliphatic rings. The zero-order chi connectivity index (χ0) is 14.5. The van der Waals surface area contributed by atoms with Gasteiger partial charge in [0.1, 0.15) is 11.9 Å². The number of hydrogen-bond donors (Lipinski definition) is 2. The molecule has 2 rings (SSSR count). The number of halogens is 1. The Morgan fingerprint density at radius 3 is 3.05 bits per heavy atom. The van der Waals surface area contributed by atoms with Crippen molar-refractivity contribution in [1.82, 2.24) is 10.6 Å². The molecule has 0 aliphatic carbocycles. The molecule has 0 bridgehead atoms. The van der Waals surface area contributed by atoms with Crippen molar-refractivity contribution in [3.63, 3.8) is 0 Å². The Bertz CT molecular complexity index is 479. The van der Waals surface area contributed by atoms with E-state index in [9.17, 15) is 9.18 Å². The van der Waals surface area contributed by atoms with Crippen LogP contribution in [0, 0.1) is 12.7 Å². The van der Waals surface area contributed by atoms with E-state index in [1.165, 1.54) is 12.1 Å². The highest BCUT2D eigenvalue weighted by Gasteiger charge is 2.27. The second kappa shape index (κ2) is 6.81. The summed E-state index contributed by atoms with van der Waals surface area (Å²) in [6.45, 7) is 5.63. The summed E-state index contributed by atoms with van der Waals surface area (Å²) in [6.07, 6.45) is 0.580. The number of carbonyl (C=O) groups is 1. The molecule has 0 saturated carbocycles. The summed E-state index contributed by atoms with van der Waals surface area (Å²) in [5, 5.41) is 6.05. The number of carbonyl (C=O) groups excluding carboxylic acids is 1. The summed E-state index contributed by atoms with van der Waals surface area (Å²) >= 11 is 0. The van der Waals surface area contributed by atoms with Crippen molar-refractivity contribution in [2.24, 2.45) is 0 Å². The topological polar surface area (TPSA) is 50.4 Å². The molecule has 0 aromatic heterocycles. The van der Waals surface area contributed by atoms with Crippen molar-refractivity contribution < 1.29 is 13.9 Å². The van der Waals surface area contributed by atoms with E-state index < -0.39 is 0 Å². The average molecular weight is 280 g/mol. The lowest BCUT2D eigenvalue weighted by Crippen LogP contribution is -2.55. The molecule has 4 nitrogen and oxygen atoms in total. The van der Waals surface area contributed by atoms with Gasteiger partial charge in [-0.15, -0.1) is 0 Å². The normalized spacial score (nSPS) is 22.6. The van der Waals surface area contributed by atoms with Crippen LogP contribution in [0.15, 0.2) is 18.2 Å². The molecule has 0 unspecified atom stereocenters. The molecule has 110 valence electrons. The molecule has 2 atom stereocenters. The second-order valence-corrected chi connectivity index (χ2v) is 5.12. The lowest BCUT2D eigenvalue weighted by molar-refractivity contribution is -0.128. The van der Waals surface area contributed by atoms with Gasteiger partial charge in [-0.05, 0) is 43.5 Å². The first-order chi connectivity index (χ1) is 9.58. The number of morpholine rings is 1. The molecular formula is C15H21FN2O2. The van der Waals surface area contributed by atoms with Gasteiger partial charge >= 0.3 is 0 Å². The SMILES string of the molecule is Cc1cc(F)ccc1CCNC(=O)[C@H]1NCCO[C@@H]1C. The number of ether oxygens (including phenoxy) is 1. The Morgan fingerprint density at radius 1 is 1.55 bits per heavy atom. The van der Waals surface area contributed by atoms with Gasteiger partial charge in [-0.1, -0.05) is 6.07 Å². The van der Waals surface area contributed by atoms with Gasteiger partial charge in [0.05, 0.1) is 12.7 Å². The van der Waals surface area contributed by atoms with Crippen LogP contribution in [0.2, 0.25) is 0 Å². The molecule has 5 heteroatoms. The third-order valence-corrected chi connectivity index (χ3v) is 3.60.